The van der Waals surface area contributed by atoms with Gasteiger partial charge in [0, 0.05) is 45.1 Å². The fourth-order valence-corrected chi connectivity index (χ4v) is 6.95. The molecule has 0 aliphatic carbocycles. The van der Waals surface area contributed by atoms with Crippen LogP contribution in [-0.4, -0.2) is 66.2 Å². The fraction of sp³-hybridized carbons (Fsp3) is 0.625. The van der Waals surface area contributed by atoms with E-state index in [0.717, 1.165) is 54.1 Å². The van der Waals surface area contributed by atoms with E-state index >= 15 is 0 Å². The zero-order valence-corrected chi connectivity index (χ0v) is 25.0. The largest absolute Gasteiger partial charge is 0.381 e. The highest BCUT2D eigenvalue weighted by Gasteiger charge is 2.30. The second-order valence-corrected chi connectivity index (χ2v) is 12.5. The first-order valence-electron chi connectivity index (χ1n) is 15.1. The van der Waals surface area contributed by atoms with Crippen LogP contribution in [0.15, 0.2) is 30.4 Å². The number of fused-ring (bicyclic) bond motifs is 1. The van der Waals surface area contributed by atoms with Crippen LogP contribution in [0.2, 0.25) is 0 Å². The Morgan fingerprint density at radius 3 is 2.67 bits per heavy atom. The number of ketones is 2. The highest BCUT2D eigenvalue weighted by atomic mass is 32.1. The summed E-state index contributed by atoms with van der Waals surface area (Å²) in [7, 11) is 0. The zero-order valence-electron chi connectivity index (χ0n) is 24.2. The van der Waals surface area contributed by atoms with E-state index < -0.39 is 5.92 Å². The lowest BCUT2D eigenvalue weighted by atomic mass is 9.87. The second-order valence-electron chi connectivity index (χ2n) is 11.4. The maximum Gasteiger partial charge on any atom is 0.224 e. The molecule has 218 valence electrons. The number of aromatic nitrogens is 1. The number of carbonyl (C=O) groups is 3. The summed E-state index contributed by atoms with van der Waals surface area (Å²) < 4.78 is 6.68. The minimum absolute atomic E-state index is 0.00818. The van der Waals surface area contributed by atoms with Crippen molar-refractivity contribution in [3.8, 4) is 0 Å². The standard InChI is InChI=1S/C32H45N3O4S/c1-3-24-9-11-29-30(21-24)40-31(33-29)22-26(20-23(2)36)32(38)34-28(25-13-18-39-19-14-25)12-10-27(37)8-7-17-35-15-5-4-6-16-35/h7-9,11,21,25-26,28H,3-6,10,12-20,22H2,1-2H3,(H,34,38)/b8-7+/t26-,28+/m0/s1. The molecular weight excluding hydrogens is 522 g/mol. The first kappa shape index (κ1) is 30.5. The van der Waals surface area contributed by atoms with Gasteiger partial charge in [-0.25, -0.2) is 4.98 Å². The van der Waals surface area contributed by atoms with Crippen LogP contribution in [0, 0.1) is 11.8 Å². The lowest BCUT2D eigenvalue weighted by molar-refractivity contribution is -0.130. The van der Waals surface area contributed by atoms with Crippen molar-refractivity contribution in [2.45, 2.75) is 84.1 Å². The molecule has 0 bridgehead atoms. The van der Waals surface area contributed by atoms with Gasteiger partial charge < -0.3 is 14.8 Å². The number of Topliss-reactive ketones (excluding diaryl/α,β-unsaturated/α-hetero) is 1. The number of thiazole rings is 1. The lowest BCUT2D eigenvalue weighted by Gasteiger charge is -2.32. The van der Waals surface area contributed by atoms with Gasteiger partial charge in [-0.15, -0.1) is 11.3 Å². The SMILES string of the molecule is CCc1ccc2nc(C[C@H](CC(C)=O)C(=O)N[C@H](CCC(=O)/C=C/CN3CCCCC3)C3CCOCC3)sc2c1. The third kappa shape index (κ3) is 9.32. The molecule has 2 aliphatic rings. The van der Waals surface area contributed by atoms with Crippen LogP contribution >= 0.6 is 11.3 Å². The summed E-state index contributed by atoms with van der Waals surface area (Å²) in [6.07, 6.45) is 11.8. The van der Waals surface area contributed by atoms with Gasteiger partial charge in [-0.05, 0) is 88.2 Å². The maximum absolute atomic E-state index is 13.6. The Balaban J connectivity index is 1.39. The molecule has 0 spiro atoms. The Kier molecular flexibility index (Phi) is 11.9. The number of allylic oxidation sites excluding steroid dienone is 1. The number of hydrogen-bond acceptors (Lipinski definition) is 7. The van der Waals surface area contributed by atoms with Crippen LogP contribution in [-0.2, 0) is 32.0 Å². The topological polar surface area (TPSA) is 88.6 Å². The summed E-state index contributed by atoms with van der Waals surface area (Å²) in [5.41, 5.74) is 2.20. The molecule has 2 aromatic rings. The minimum atomic E-state index is -0.480. The van der Waals surface area contributed by atoms with E-state index in [0.29, 0.717) is 32.5 Å². The molecule has 2 atom stereocenters. The summed E-state index contributed by atoms with van der Waals surface area (Å²) in [6.45, 7) is 8.04. The average Bonchev–Trinajstić information content (AvgIpc) is 3.37. The number of carbonyl (C=O) groups excluding carboxylic acids is 3. The van der Waals surface area contributed by atoms with E-state index in [1.54, 1.807) is 17.4 Å². The van der Waals surface area contributed by atoms with Gasteiger partial charge in [0.1, 0.15) is 5.78 Å². The Morgan fingerprint density at radius 2 is 1.95 bits per heavy atom. The van der Waals surface area contributed by atoms with Crippen molar-refractivity contribution in [2.75, 3.05) is 32.8 Å². The quantitative estimate of drug-likeness (QED) is 0.312. The Labute approximate surface area is 242 Å². The van der Waals surface area contributed by atoms with Crippen molar-refractivity contribution < 1.29 is 19.1 Å². The molecule has 1 aromatic heterocycles. The van der Waals surface area contributed by atoms with Crippen molar-refractivity contribution >= 4 is 39.0 Å². The van der Waals surface area contributed by atoms with Gasteiger partial charge in [-0.3, -0.25) is 14.5 Å². The number of nitrogens with one attached hydrogen (secondary N) is 1. The minimum Gasteiger partial charge on any atom is -0.381 e. The number of amides is 1. The molecule has 2 saturated heterocycles. The van der Waals surface area contributed by atoms with Gasteiger partial charge in [-0.1, -0.05) is 25.5 Å². The number of aryl methyl sites for hydroxylation is 1. The van der Waals surface area contributed by atoms with Crippen molar-refractivity contribution in [1.29, 1.82) is 0 Å². The fourth-order valence-electron chi connectivity index (χ4n) is 5.84. The van der Waals surface area contributed by atoms with Gasteiger partial charge in [0.25, 0.3) is 0 Å². The number of nitrogens with zero attached hydrogens (tertiary/aromatic N) is 2. The predicted octanol–water partition coefficient (Wildman–Crippen LogP) is 5.30. The number of benzene rings is 1. The number of hydrogen-bond donors (Lipinski definition) is 1. The molecule has 1 aromatic carbocycles. The van der Waals surface area contributed by atoms with Crippen LogP contribution in [0.3, 0.4) is 0 Å². The summed E-state index contributed by atoms with van der Waals surface area (Å²) in [5, 5.41) is 4.15. The van der Waals surface area contributed by atoms with Crippen LogP contribution in [0.5, 0.6) is 0 Å². The van der Waals surface area contributed by atoms with Crippen LogP contribution in [0.25, 0.3) is 10.2 Å². The van der Waals surface area contributed by atoms with E-state index in [4.69, 9.17) is 9.72 Å². The summed E-state index contributed by atoms with van der Waals surface area (Å²) >= 11 is 1.60. The average molecular weight is 568 g/mol. The number of rotatable bonds is 14. The van der Waals surface area contributed by atoms with Gasteiger partial charge in [0.2, 0.25) is 5.91 Å². The molecule has 0 unspecified atom stereocenters. The highest BCUT2D eigenvalue weighted by Crippen LogP contribution is 2.27. The number of ether oxygens (including phenoxy) is 1. The van der Waals surface area contributed by atoms with Crippen LogP contribution in [0.1, 0.15) is 75.8 Å². The van der Waals surface area contributed by atoms with Gasteiger partial charge in [0.15, 0.2) is 5.78 Å². The summed E-state index contributed by atoms with van der Waals surface area (Å²) in [5.74, 6) is -0.245. The Hall–Kier alpha value is -2.42. The van der Waals surface area contributed by atoms with E-state index in [1.807, 2.05) is 12.1 Å². The third-order valence-electron chi connectivity index (χ3n) is 8.21. The van der Waals surface area contributed by atoms with E-state index in [2.05, 4.69) is 29.3 Å². The normalized spacial score (nSPS) is 18.6. The lowest BCUT2D eigenvalue weighted by Crippen LogP contribution is -2.45. The first-order chi connectivity index (χ1) is 19.4. The molecule has 0 saturated carbocycles. The van der Waals surface area contributed by atoms with Crippen LogP contribution < -0.4 is 5.32 Å². The molecule has 3 heterocycles. The van der Waals surface area contributed by atoms with Crippen molar-refractivity contribution in [3.05, 3.63) is 40.9 Å². The smallest absolute Gasteiger partial charge is 0.224 e. The van der Waals surface area contributed by atoms with Crippen molar-refractivity contribution in [1.82, 2.24) is 15.2 Å². The molecule has 4 rings (SSSR count). The molecule has 7 nitrogen and oxygen atoms in total. The first-order valence-corrected chi connectivity index (χ1v) is 15.9. The van der Waals surface area contributed by atoms with Crippen molar-refractivity contribution in [3.63, 3.8) is 0 Å². The molecule has 1 N–H and O–H groups in total. The van der Waals surface area contributed by atoms with E-state index in [1.165, 1.54) is 31.7 Å². The second kappa shape index (κ2) is 15.5. The van der Waals surface area contributed by atoms with E-state index in [-0.39, 0.29) is 35.9 Å². The van der Waals surface area contributed by atoms with Crippen molar-refractivity contribution in [2.24, 2.45) is 11.8 Å². The zero-order chi connectivity index (χ0) is 28.3. The van der Waals surface area contributed by atoms with Gasteiger partial charge >= 0.3 is 0 Å². The third-order valence-corrected chi connectivity index (χ3v) is 9.25. The van der Waals surface area contributed by atoms with E-state index in [9.17, 15) is 14.4 Å². The molecular formula is C32H45N3O4S. The predicted molar refractivity (Wildman–Crippen MR) is 161 cm³/mol. The van der Waals surface area contributed by atoms with Gasteiger partial charge in [-0.2, -0.15) is 0 Å². The molecule has 40 heavy (non-hydrogen) atoms. The molecule has 1 amide bonds. The Bertz CT molecular complexity index is 1160. The molecule has 2 fully saturated rings. The Morgan fingerprint density at radius 1 is 1.18 bits per heavy atom. The number of likely N-dealkylation sites (tertiary alicyclic amines) is 1. The monoisotopic (exact) mass is 567 g/mol. The molecule has 0 radical (unpaired) electrons. The molecule has 8 heteroatoms. The van der Waals surface area contributed by atoms with Crippen LogP contribution in [0.4, 0.5) is 0 Å². The summed E-state index contributed by atoms with van der Waals surface area (Å²) in [6, 6.07) is 6.17. The van der Waals surface area contributed by atoms with Gasteiger partial charge in [0.05, 0.1) is 21.1 Å². The number of piperidine rings is 1. The maximum atomic E-state index is 13.6. The highest BCUT2D eigenvalue weighted by molar-refractivity contribution is 7.18. The summed E-state index contributed by atoms with van der Waals surface area (Å²) in [4.78, 5) is 45.6. The molecule has 2 aliphatic heterocycles.